The predicted molar refractivity (Wildman–Crippen MR) is 54.2 cm³/mol. The molecule has 15 heavy (non-hydrogen) atoms. The maximum absolute atomic E-state index is 11.8. The van der Waals surface area contributed by atoms with E-state index in [4.69, 9.17) is 0 Å². The Bertz CT molecular complexity index is 321. The van der Waals surface area contributed by atoms with E-state index in [-0.39, 0.29) is 11.5 Å². The van der Waals surface area contributed by atoms with Crippen LogP contribution in [0.25, 0.3) is 0 Å². The van der Waals surface area contributed by atoms with E-state index in [2.05, 4.69) is 0 Å². The number of carbonyl (C=O) groups is 1. The smallest absolute Gasteiger partial charge is 0.293 e. The van der Waals surface area contributed by atoms with Crippen molar-refractivity contribution in [3.8, 4) is 0 Å². The van der Waals surface area contributed by atoms with Gasteiger partial charge in [0.1, 0.15) is 0 Å². The highest BCUT2D eigenvalue weighted by Crippen LogP contribution is 2.21. The van der Waals surface area contributed by atoms with E-state index in [1.807, 2.05) is 0 Å². The van der Waals surface area contributed by atoms with Gasteiger partial charge in [0.25, 0.3) is 0 Å². The van der Waals surface area contributed by atoms with E-state index >= 15 is 0 Å². The minimum absolute atomic E-state index is 0.135. The summed E-state index contributed by atoms with van der Waals surface area (Å²) in [6.07, 6.45) is -4.21. The van der Waals surface area contributed by atoms with Crippen LogP contribution in [0.3, 0.4) is 0 Å². The molecule has 0 aliphatic heterocycles. The third kappa shape index (κ3) is 4.88. The zero-order valence-electron chi connectivity index (χ0n) is 7.75. The second kappa shape index (κ2) is 5.21. The van der Waals surface area contributed by atoms with Gasteiger partial charge in [-0.2, -0.15) is 13.2 Å². The van der Waals surface area contributed by atoms with Crippen molar-refractivity contribution in [2.75, 3.05) is 11.5 Å². The maximum atomic E-state index is 11.8. The zero-order chi connectivity index (χ0) is 11.3. The number of carbonyl (C=O) groups excluding carboxylic acids is 1. The van der Waals surface area contributed by atoms with E-state index < -0.39 is 11.9 Å². The number of benzene rings is 1. The van der Waals surface area contributed by atoms with Crippen LogP contribution in [0, 0.1) is 0 Å². The van der Waals surface area contributed by atoms with Crippen molar-refractivity contribution in [3.63, 3.8) is 0 Å². The number of alkyl halides is 3. The molecule has 0 bridgehead atoms. The van der Waals surface area contributed by atoms with Gasteiger partial charge in [-0.3, -0.25) is 4.79 Å². The van der Waals surface area contributed by atoms with Gasteiger partial charge in [0.15, 0.2) is 5.78 Å². The molecule has 0 atom stereocenters. The summed E-state index contributed by atoms with van der Waals surface area (Å²) in [5.74, 6) is -1.39. The molecule has 0 spiro atoms. The van der Waals surface area contributed by atoms with Gasteiger partial charge in [-0.1, -0.05) is 30.3 Å². The monoisotopic (exact) mass is 234 g/mol. The van der Waals surface area contributed by atoms with E-state index in [1.165, 1.54) is 0 Å². The fourth-order valence-electron chi connectivity index (χ4n) is 0.967. The molecular formula is C10H9F3OS. The summed E-state index contributed by atoms with van der Waals surface area (Å²) in [7, 11) is 0. The molecule has 0 radical (unpaired) electrons. The lowest BCUT2D eigenvalue weighted by atomic mass is 10.2. The molecule has 0 saturated heterocycles. The van der Waals surface area contributed by atoms with Gasteiger partial charge in [0.05, 0.1) is 11.5 Å². The van der Waals surface area contributed by atoms with Gasteiger partial charge >= 0.3 is 6.18 Å². The highest BCUT2D eigenvalue weighted by molar-refractivity contribution is 8.00. The second-order valence-electron chi connectivity index (χ2n) is 2.90. The quantitative estimate of drug-likeness (QED) is 0.744. The van der Waals surface area contributed by atoms with Gasteiger partial charge in [-0.05, 0) is 0 Å². The average Bonchev–Trinajstić information content (AvgIpc) is 2.17. The largest absolute Gasteiger partial charge is 0.397 e. The van der Waals surface area contributed by atoms with Crippen molar-refractivity contribution < 1.29 is 18.0 Å². The van der Waals surface area contributed by atoms with Crippen LogP contribution >= 0.6 is 11.8 Å². The summed E-state index contributed by atoms with van der Waals surface area (Å²) in [4.78, 5) is 11.3. The summed E-state index contributed by atoms with van der Waals surface area (Å²) in [6, 6.07) is 8.30. The molecule has 0 saturated carbocycles. The first-order chi connectivity index (χ1) is 6.99. The molecule has 0 amide bonds. The third-order valence-corrected chi connectivity index (χ3v) is 2.59. The minimum Gasteiger partial charge on any atom is -0.293 e. The Labute approximate surface area is 89.7 Å². The molecule has 0 unspecified atom stereocenters. The zero-order valence-corrected chi connectivity index (χ0v) is 8.57. The Morgan fingerprint density at radius 1 is 1.20 bits per heavy atom. The van der Waals surface area contributed by atoms with Crippen LogP contribution in [0.1, 0.15) is 10.4 Å². The van der Waals surface area contributed by atoms with Gasteiger partial charge in [0, 0.05) is 5.56 Å². The SMILES string of the molecule is O=C(CSCC(F)(F)F)c1ccccc1. The highest BCUT2D eigenvalue weighted by atomic mass is 32.2. The molecule has 0 heterocycles. The van der Waals surface area contributed by atoms with Gasteiger partial charge in [-0.15, -0.1) is 11.8 Å². The summed E-state index contributed by atoms with van der Waals surface area (Å²) in [5.41, 5.74) is 0.451. The Balaban J connectivity index is 2.38. The normalized spacial score (nSPS) is 11.4. The van der Waals surface area contributed by atoms with Crippen LogP contribution in [0.5, 0.6) is 0 Å². The van der Waals surface area contributed by atoms with Gasteiger partial charge < -0.3 is 0 Å². The molecule has 0 N–H and O–H groups in total. The average molecular weight is 234 g/mol. The second-order valence-corrected chi connectivity index (χ2v) is 3.88. The number of halogens is 3. The Morgan fingerprint density at radius 3 is 2.33 bits per heavy atom. The summed E-state index contributed by atoms with van der Waals surface area (Å²) in [5, 5.41) is 0. The lowest BCUT2D eigenvalue weighted by molar-refractivity contribution is -0.105. The van der Waals surface area contributed by atoms with Crippen LogP contribution in [0.2, 0.25) is 0 Å². The summed E-state index contributed by atoms with van der Waals surface area (Å²) in [6.45, 7) is 0. The van der Waals surface area contributed by atoms with E-state index in [1.54, 1.807) is 30.3 Å². The molecule has 82 valence electrons. The first-order valence-corrected chi connectivity index (χ1v) is 5.37. The number of hydrogen-bond donors (Lipinski definition) is 0. The third-order valence-electron chi connectivity index (χ3n) is 1.59. The Hall–Kier alpha value is -0.970. The lowest BCUT2D eigenvalue weighted by Gasteiger charge is -2.04. The molecule has 0 fully saturated rings. The van der Waals surface area contributed by atoms with Crippen molar-refractivity contribution in [3.05, 3.63) is 35.9 Å². The van der Waals surface area contributed by atoms with E-state index in [0.717, 1.165) is 0 Å². The number of thioether (sulfide) groups is 1. The van der Waals surface area contributed by atoms with Crippen molar-refractivity contribution in [2.24, 2.45) is 0 Å². The van der Waals surface area contributed by atoms with Crippen LogP contribution in [0.15, 0.2) is 30.3 Å². The molecule has 1 rings (SSSR count). The maximum Gasteiger partial charge on any atom is 0.397 e. The fraction of sp³-hybridized carbons (Fsp3) is 0.300. The molecule has 0 aromatic heterocycles. The van der Waals surface area contributed by atoms with E-state index in [9.17, 15) is 18.0 Å². The van der Waals surface area contributed by atoms with Crippen LogP contribution < -0.4 is 0 Å². The molecule has 1 aromatic carbocycles. The fourth-order valence-corrected chi connectivity index (χ4v) is 1.65. The first-order valence-electron chi connectivity index (χ1n) is 4.22. The Kier molecular flexibility index (Phi) is 4.20. The number of Topliss-reactive ketones (excluding diaryl/α,β-unsaturated/α-hetero) is 1. The summed E-state index contributed by atoms with van der Waals surface area (Å²) >= 11 is 0.589. The topological polar surface area (TPSA) is 17.1 Å². The van der Waals surface area contributed by atoms with Crippen LogP contribution in [-0.2, 0) is 0 Å². The molecular weight excluding hydrogens is 225 g/mol. The molecule has 0 aliphatic carbocycles. The predicted octanol–water partition coefficient (Wildman–Crippen LogP) is 3.16. The molecule has 5 heteroatoms. The summed E-state index contributed by atoms with van der Waals surface area (Å²) < 4.78 is 35.3. The standard InChI is InChI=1S/C10H9F3OS/c11-10(12,13)7-15-6-9(14)8-4-2-1-3-5-8/h1-5H,6-7H2. The molecule has 1 nitrogen and oxygen atoms in total. The van der Waals surface area contributed by atoms with Crippen molar-refractivity contribution >= 4 is 17.5 Å². The number of ketones is 1. The van der Waals surface area contributed by atoms with Gasteiger partial charge in [0.2, 0.25) is 0 Å². The van der Waals surface area contributed by atoms with Gasteiger partial charge in [-0.25, -0.2) is 0 Å². The number of hydrogen-bond acceptors (Lipinski definition) is 2. The lowest BCUT2D eigenvalue weighted by Crippen LogP contribution is -2.13. The van der Waals surface area contributed by atoms with Crippen molar-refractivity contribution in [2.45, 2.75) is 6.18 Å². The van der Waals surface area contributed by atoms with Crippen molar-refractivity contribution in [1.29, 1.82) is 0 Å². The molecule has 1 aromatic rings. The number of rotatable bonds is 4. The first kappa shape index (κ1) is 12.1. The van der Waals surface area contributed by atoms with Crippen molar-refractivity contribution in [1.82, 2.24) is 0 Å². The van der Waals surface area contributed by atoms with Crippen LogP contribution in [0.4, 0.5) is 13.2 Å². The minimum atomic E-state index is -4.21. The van der Waals surface area contributed by atoms with Crippen LogP contribution in [-0.4, -0.2) is 23.5 Å². The Morgan fingerprint density at radius 2 is 1.80 bits per heavy atom. The molecule has 0 aliphatic rings. The highest BCUT2D eigenvalue weighted by Gasteiger charge is 2.27. The van der Waals surface area contributed by atoms with E-state index in [0.29, 0.717) is 17.3 Å².